The SMILES string of the molecule is CCC(C(=O)O)C(=O)c1ccc(Oc2ccc(Cl)cc2)cc1. The van der Waals surface area contributed by atoms with E-state index in [2.05, 4.69) is 0 Å². The zero-order valence-electron chi connectivity index (χ0n) is 12.0. The van der Waals surface area contributed by atoms with Crippen LogP contribution in [0.3, 0.4) is 0 Å². The summed E-state index contributed by atoms with van der Waals surface area (Å²) in [6.45, 7) is 1.68. The number of hydrogen-bond acceptors (Lipinski definition) is 3. The van der Waals surface area contributed by atoms with Crippen LogP contribution < -0.4 is 4.74 Å². The quantitative estimate of drug-likeness (QED) is 0.632. The smallest absolute Gasteiger partial charge is 0.314 e. The first kappa shape index (κ1) is 16.0. The van der Waals surface area contributed by atoms with Gasteiger partial charge in [0.25, 0.3) is 0 Å². The molecule has 0 heterocycles. The molecule has 1 atom stereocenters. The molecule has 0 saturated heterocycles. The largest absolute Gasteiger partial charge is 0.481 e. The Morgan fingerprint density at radius 2 is 1.55 bits per heavy atom. The van der Waals surface area contributed by atoms with Crippen molar-refractivity contribution in [1.29, 1.82) is 0 Å². The van der Waals surface area contributed by atoms with Crippen LogP contribution in [0.4, 0.5) is 0 Å². The van der Waals surface area contributed by atoms with E-state index in [0.29, 0.717) is 22.1 Å². The van der Waals surface area contributed by atoms with E-state index >= 15 is 0 Å². The second kappa shape index (κ2) is 7.09. The molecule has 2 aromatic carbocycles. The minimum atomic E-state index is -1.10. The van der Waals surface area contributed by atoms with Crippen LogP contribution in [0.15, 0.2) is 48.5 Å². The van der Waals surface area contributed by atoms with Gasteiger partial charge in [-0.2, -0.15) is 0 Å². The van der Waals surface area contributed by atoms with Crippen molar-refractivity contribution in [1.82, 2.24) is 0 Å². The maximum absolute atomic E-state index is 12.1. The zero-order chi connectivity index (χ0) is 16.1. The van der Waals surface area contributed by atoms with Gasteiger partial charge in [-0.1, -0.05) is 18.5 Å². The molecular formula is C17H15ClO4. The monoisotopic (exact) mass is 318 g/mol. The highest BCUT2D eigenvalue weighted by molar-refractivity contribution is 6.30. The van der Waals surface area contributed by atoms with Crippen LogP contribution in [-0.2, 0) is 4.79 Å². The summed E-state index contributed by atoms with van der Waals surface area (Å²) in [6, 6.07) is 13.3. The molecular weight excluding hydrogens is 304 g/mol. The van der Waals surface area contributed by atoms with Crippen molar-refractivity contribution in [3.05, 3.63) is 59.1 Å². The number of Topliss-reactive ketones (excluding diaryl/α,β-unsaturated/α-hetero) is 1. The molecule has 0 amide bonds. The van der Waals surface area contributed by atoms with E-state index in [1.54, 1.807) is 55.5 Å². The fourth-order valence-corrected chi connectivity index (χ4v) is 2.13. The van der Waals surface area contributed by atoms with Crippen LogP contribution in [-0.4, -0.2) is 16.9 Å². The van der Waals surface area contributed by atoms with Crippen molar-refractivity contribution in [2.45, 2.75) is 13.3 Å². The molecule has 0 spiro atoms. The molecule has 22 heavy (non-hydrogen) atoms. The molecule has 0 radical (unpaired) electrons. The number of carbonyl (C=O) groups excluding carboxylic acids is 1. The Kier molecular flexibility index (Phi) is 5.17. The summed E-state index contributed by atoms with van der Waals surface area (Å²) < 4.78 is 5.62. The van der Waals surface area contributed by atoms with Gasteiger partial charge in [0.2, 0.25) is 0 Å². The van der Waals surface area contributed by atoms with Crippen molar-refractivity contribution in [2.75, 3.05) is 0 Å². The maximum Gasteiger partial charge on any atom is 0.314 e. The predicted molar refractivity (Wildman–Crippen MR) is 83.7 cm³/mol. The molecule has 1 unspecified atom stereocenters. The Labute approximate surface area is 133 Å². The van der Waals surface area contributed by atoms with Crippen molar-refractivity contribution in [3.63, 3.8) is 0 Å². The summed E-state index contributed by atoms with van der Waals surface area (Å²) in [5.74, 6) is -1.33. The summed E-state index contributed by atoms with van der Waals surface area (Å²) in [7, 11) is 0. The average molecular weight is 319 g/mol. The lowest BCUT2D eigenvalue weighted by Gasteiger charge is -2.10. The summed E-state index contributed by atoms with van der Waals surface area (Å²) >= 11 is 5.80. The Bertz CT molecular complexity index is 662. The van der Waals surface area contributed by atoms with E-state index in [0.717, 1.165) is 0 Å². The molecule has 2 aromatic rings. The van der Waals surface area contributed by atoms with E-state index in [9.17, 15) is 9.59 Å². The van der Waals surface area contributed by atoms with Gasteiger partial charge in [0.1, 0.15) is 17.4 Å². The van der Waals surface area contributed by atoms with Gasteiger partial charge in [-0.15, -0.1) is 0 Å². The summed E-state index contributed by atoms with van der Waals surface area (Å²) in [6.07, 6.45) is 0.261. The Morgan fingerprint density at radius 3 is 2.00 bits per heavy atom. The van der Waals surface area contributed by atoms with Crippen LogP contribution in [0.25, 0.3) is 0 Å². The zero-order valence-corrected chi connectivity index (χ0v) is 12.7. The first-order chi connectivity index (χ1) is 10.5. The van der Waals surface area contributed by atoms with Crippen molar-refractivity contribution in [3.8, 4) is 11.5 Å². The molecule has 1 N–H and O–H groups in total. The lowest BCUT2D eigenvalue weighted by atomic mass is 9.95. The Hall–Kier alpha value is -2.33. The number of carboxylic acid groups (broad SMARTS) is 1. The van der Waals surface area contributed by atoms with Crippen LogP contribution in [0.2, 0.25) is 5.02 Å². The molecule has 2 rings (SSSR count). The number of hydrogen-bond donors (Lipinski definition) is 1. The third-order valence-electron chi connectivity index (χ3n) is 3.21. The number of carbonyl (C=O) groups is 2. The lowest BCUT2D eigenvalue weighted by molar-refractivity contribution is -0.140. The number of benzene rings is 2. The maximum atomic E-state index is 12.1. The molecule has 0 aromatic heterocycles. The normalized spacial score (nSPS) is 11.7. The van der Waals surface area contributed by atoms with Crippen LogP contribution in [0.1, 0.15) is 23.7 Å². The second-order valence-corrected chi connectivity index (χ2v) is 5.18. The molecule has 114 valence electrons. The van der Waals surface area contributed by atoms with Gasteiger partial charge in [-0.25, -0.2) is 0 Å². The average Bonchev–Trinajstić information content (AvgIpc) is 2.50. The first-order valence-corrected chi connectivity index (χ1v) is 7.19. The molecule has 5 heteroatoms. The third-order valence-corrected chi connectivity index (χ3v) is 3.46. The highest BCUT2D eigenvalue weighted by atomic mass is 35.5. The van der Waals surface area contributed by atoms with Crippen molar-refractivity contribution < 1.29 is 19.4 Å². The Balaban J connectivity index is 2.11. The van der Waals surface area contributed by atoms with Gasteiger partial charge in [0.15, 0.2) is 5.78 Å². The van der Waals surface area contributed by atoms with Gasteiger partial charge < -0.3 is 9.84 Å². The fraction of sp³-hybridized carbons (Fsp3) is 0.176. The fourth-order valence-electron chi connectivity index (χ4n) is 2.00. The molecule has 0 saturated carbocycles. The third kappa shape index (κ3) is 3.86. The van der Waals surface area contributed by atoms with E-state index in [1.165, 1.54) is 0 Å². The second-order valence-electron chi connectivity index (χ2n) is 4.74. The molecule has 0 fully saturated rings. The van der Waals surface area contributed by atoms with Crippen LogP contribution in [0.5, 0.6) is 11.5 Å². The highest BCUT2D eigenvalue weighted by Crippen LogP contribution is 2.24. The number of ketones is 1. The van der Waals surface area contributed by atoms with Gasteiger partial charge in [0, 0.05) is 10.6 Å². The predicted octanol–water partition coefficient (Wildman–Crippen LogP) is 4.43. The van der Waals surface area contributed by atoms with E-state index in [-0.39, 0.29) is 6.42 Å². The van der Waals surface area contributed by atoms with Gasteiger partial charge in [-0.05, 0) is 55.0 Å². The van der Waals surface area contributed by atoms with Crippen molar-refractivity contribution >= 4 is 23.4 Å². The van der Waals surface area contributed by atoms with Crippen LogP contribution >= 0.6 is 11.6 Å². The molecule has 0 aliphatic carbocycles. The van der Waals surface area contributed by atoms with E-state index in [4.69, 9.17) is 21.4 Å². The lowest BCUT2D eigenvalue weighted by Crippen LogP contribution is -2.23. The molecule has 0 aliphatic rings. The minimum absolute atomic E-state index is 0.261. The number of ether oxygens (including phenoxy) is 1. The van der Waals surface area contributed by atoms with Gasteiger partial charge in [0.05, 0.1) is 0 Å². The standard InChI is InChI=1S/C17H15ClO4/c1-2-15(17(20)21)16(19)11-3-7-13(8-4-11)22-14-9-5-12(18)6-10-14/h3-10,15H,2H2,1H3,(H,20,21). The number of rotatable bonds is 6. The highest BCUT2D eigenvalue weighted by Gasteiger charge is 2.25. The van der Waals surface area contributed by atoms with Crippen LogP contribution in [0, 0.1) is 5.92 Å². The summed E-state index contributed by atoms with van der Waals surface area (Å²) in [4.78, 5) is 23.1. The van der Waals surface area contributed by atoms with Gasteiger partial charge in [-0.3, -0.25) is 9.59 Å². The van der Waals surface area contributed by atoms with Gasteiger partial charge >= 0.3 is 5.97 Å². The number of carboxylic acids is 1. The van der Waals surface area contributed by atoms with E-state index in [1.807, 2.05) is 0 Å². The number of halogens is 1. The summed E-state index contributed by atoms with van der Waals surface area (Å²) in [5, 5.41) is 9.64. The van der Waals surface area contributed by atoms with Crippen molar-refractivity contribution in [2.24, 2.45) is 5.92 Å². The minimum Gasteiger partial charge on any atom is -0.481 e. The van der Waals surface area contributed by atoms with E-state index < -0.39 is 17.7 Å². The molecule has 0 bridgehead atoms. The molecule has 0 aliphatic heterocycles. The topological polar surface area (TPSA) is 63.6 Å². The summed E-state index contributed by atoms with van der Waals surface area (Å²) in [5.41, 5.74) is 0.359. The molecule has 4 nitrogen and oxygen atoms in total. The first-order valence-electron chi connectivity index (χ1n) is 6.81. The Morgan fingerprint density at radius 1 is 1.05 bits per heavy atom. The number of aliphatic carboxylic acids is 1.